The Kier molecular flexibility index (Phi) is 5.24. The molecule has 0 aromatic heterocycles. The van der Waals surface area contributed by atoms with Crippen LogP contribution in [0.4, 0.5) is 0 Å². The van der Waals surface area contributed by atoms with Crippen molar-refractivity contribution >= 4 is 11.4 Å². The second kappa shape index (κ2) is 7.36. The van der Waals surface area contributed by atoms with E-state index >= 15 is 0 Å². The van der Waals surface area contributed by atoms with Gasteiger partial charge in [-0.25, -0.2) is 0 Å². The summed E-state index contributed by atoms with van der Waals surface area (Å²) in [5, 5.41) is 10.5. The van der Waals surface area contributed by atoms with Gasteiger partial charge in [-0.3, -0.25) is 4.79 Å². The van der Waals surface area contributed by atoms with Crippen LogP contribution in [0.25, 0.3) is 5.57 Å². The predicted octanol–water partition coefficient (Wildman–Crippen LogP) is 3.89. The zero-order valence-electron chi connectivity index (χ0n) is 11.9. The van der Waals surface area contributed by atoms with Crippen molar-refractivity contribution in [3.8, 4) is 0 Å². The number of ketones is 1. The summed E-state index contributed by atoms with van der Waals surface area (Å²) in [5.41, 5.74) is 1.95. The minimum absolute atomic E-state index is 0.296. The number of aliphatic hydroxyl groups excluding tert-OH is 1. The lowest BCUT2D eigenvalue weighted by Gasteiger charge is -2.14. The normalized spacial score (nSPS) is 13.3. The van der Waals surface area contributed by atoms with Crippen molar-refractivity contribution in [2.45, 2.75) is 13.0 Å². The summed E-state index contributed by atoms with van der Waals surface area (Å²) >= 11 is 0. The molecule has 1 atom stereocenters. The van der Waals surface area contributed by atoms with Gasteiger partial charge in [-0.05, 0) is 18.1 Å². The highest BCUT2D eigenvalue weighted by Gasteiger charge is 2.21. The van der Waals surface area contributed by atoms with Crippen molar-refractivity contribution in [1.82, 2.24) is 0 Å². The highest BCUT2D eigenvalue weighted by Crippen LogP contribution is 2.21. The molecule has 0 heterocycles. The van der Waals surface area contributed by atoms with Crippen molar-refractivity contribution < 1.29 is 9.90 Å². The molecule has 0 saturated heterocycles. The molecule has 2 rings (SSSR count). The lowest BCUT2D eigenvalue weighted by molar-refractivity contribution is 0.0833. The number of rotatable bonds is 5. The Bertz CT molecular complexity index is 640. The number of benzene rings is 2. The van der Waals surface area contributed by atoms with Crippen molar-refractivity contribution in [2.24, 2.45) is 0 Å². The molecule has 0 amide bonds. The lowest BCUT2D eigenvalue weighted by Crippen LogP contribution is -2.22. The molecular weight excluding hydrogens is 260 g/mol. The lowest BCUT2D eigenvalue weighted by atomic mass is 9.94. The minimum atomic E-state index is -1.18. The fourth-order valence-corrected chi connectivity index (χ4v) is 2.08. The standard InChI is InChI=1S/C19H18O2/c1-2-3-14-17(15-10-6-4-7-11-15)19(21)18(20)16-12-8-5-9-13-16/h2-14,19,21H,1H3/b3-2+,17-14+. The number of carbonyl (C=O) groups is 1. The molecule has 2 aromatic carbocycles. The maximum atomic E-state index is 12.4. The van der Waals surface area contributed by atoms with Crippen LogP contribution in [-0.4, -0.2) is 17.0 Å². The van der Waals surface area contributed by atoms with Crippen LogP contribution in [0.3, 0.4) is 0 Å². The van der Waals surface area contributed by atoms with Gasteiger partial charge in [0.15, 0.2) is 5.78 Å². The molecule has 1 N–H and O–H groups in total. The number of hydrogen-bond acceptors (Lipinski definition) is 2. The third-order valence-electron chi connectivity index (χ3n) is 3.18. The largest absolute Gasteiger partial charge is 0.380 e. The Balaban J connectivity index is 2.36. The number of allylic oxidation sites excluding steroid dienone is 3. The van der Waals surface area contributed by atoms with E-state index in [2.05, 4.69) is 0 Å². The summed E-state index contributed by atoms with van der Waals surface area (Å²) in [5.74, 6) is -0.296. The van der Waals surface area contributed by atoms with Gasteiger partial charge in [0.25, 0.3) is 0 Å². The highest BCUT2D eigenvalue weighted by atomic mass is 16.3. The van der Waals surface area contributed by atoms with E-state index in [1.165, 1.54) is 0 Å². The highest BCUT2D eigenvalue weighted by molar-refractivity contribution is 6.06. The Labute approximate surface area is 125 Å². The minimum Gasteiger partial charge on any atom is -0.380 e. The first-order valence-corrected chi connectivity index (χ1v) is 6.89. The van der Waals surface area contributed by atoms with Gasteiger partial charge in [0.05, 0.1) is 0 Å². The summed E-state index contributed by atoms with van der Waals surface area (Å²) in [4.78, 5) is 12.4. The molecule has 0 bridgehead atoms. The fraction of sp³-hybridized carbons (Fsp3) is 0.105. The third kappa shape index (κ3) is 3.77. The Morgan fingerprint density at radius 3 is 2.00 bits per heavy atom. The van der Waals surface area contributed by atoms with Crippen LogP contribution < -0.4 is 0 Å². The van der Waals surface area contributed by atoms with Crippen LogP contribution >= 0.6 is 0 Å². The summed E-state index contributed by atoms with van der Waals surface area (Å²) in [6.45, 7) is 1.89. The Hall–Kier alpha value is -2.45. The first-order chi connectivity index (χ1) is 10.2. The molecule has 0 aliphatic rings. The van der Waals surface area contributed by atoms with Crippen LogP contribution in [0.15, 0.2) is 78.9 Å². The number of Topliss-reactive ketones (excluding diaryl/α,β-unsaturated/α-hetero) is 1. The number of hydrogen-bond donors (Lipinski definition) is 1. The van der Waals surface area contributed by atoms with Crippen molar-refractivity contribution in [3.05, 3.63) is 90.0 Å². The smallest absolute Gasteiger partial charge is 0.195 e. The topological polar surface area (TPSA) is 37.3 Å². The van der Waals surface area contributed by atoms with Gasteiger partial charge in [-0.1, -0.05) is 78.9 Å². The summed E-state index contributed by atoms with van der Waals surface area (Å²) in [6, 6.07) is 18.3. The van der Waals surface area contributed by atoms with E-state index in [0.29, 0.717) is 11.1 Å². The third-order valence-corrected chi connectivity index (χ3v) is 3.18. The van der Waals surface area contributed by atoms with Crippen molar-refractivity contribution in [1.29, 1.82) is 0 Å². The fourth-order valence-electron chi connectivity index (χ4n) is 2.08. The zero-order valence-corrected chi connectivity index (χ0v) is 11.9. The van der Waals surface area contributed by atoms with Crippen LogP contribution in [0.1, 0.15) is 22.8 Å². The van der Waals surface area contributed by atoms with E-state index in [1.54, 1.807) is 30.3 Å². The van der Waals surface area contributed by atoms with Gasteiger partial charge in [0.1, 0.15) is 6.10 Å². The van der Waals surface area contributed by atoms with E-state index in [9.17, 15) is 9.90 Å². The molecule has 2 heteroatoms. The molecule has 0 aliphatic carbocycles. The quantitative estimate of drug-likeness (QED) is 0.665. The SMILES string of the molecule is C/C=C/C=C(\c1ccccc1)C(O)C(=O)c1ccccc1. The Morgan fingerprint density at radius 1 is 0.952 bits per heavy atom. The molecule has 106 valence electrons. The molecule has 2 nitrogen and oxygen atoms in total. The van der Waals surface area contributed by atoms with Gasteiger partial charge in [-0.15, -0.1) is 0 Å². The molecular formula is C19H18O2. The molecule has 0 radical (unpaired) electrons. The second-order valence-corrected chi connectivity index (χ2v) is 4.65. The van der Waals surface area contributed by atoms with Crippen LogP contribution in [-0.2, 0) is 0 Å². The molecule has 0 aliphatic heterocycles. The van der Waals surface area contributed by atoms with E-state index < -0.39 is 6.10 Å². The summed E-state index contributed by atoms with van der Waals surface area (Å²) in [6.07, 6.45) is 4.29. The average Bonchev–Trinajstić information content (AvgIpc) is 2.56. The van der Waals surface area contributed by atoms with Crippen LogP contribution in [0, 0.1) is 0 Å². The predicted molar refractivity (Wildman–Crippen MR) is 86.0 cm³/mol. The zero-order chi connectivity index (χ0) is 15.1. The second-order valence-electron chi connectivity index (χ2n) is 4.65. The van der Waals surface area contributed by atoms with Gasteiger partial charge in [0, 0.05) is 5.56 Å². The maximum Gasteiger partial charge on any atom is 0.195 e. The van der Waals surface area contributed by atoms with Crippen LogP contribution in [0.2, 0.25) is 0 Å². The van der Waals surface area contributed by atoms with Gasteiger partial charge >= 0.3 is 0 Å². The van der Waals surface area contributed by atoms with Crippen LogP contribution in [0.5, 0.6) is 0 Å². The average molecular weight is 278 g/mol. The van der Waals surface area contributed by atoms with E-state index in [1.807, 2.05) is 55.5 Å². The Morgan fingerprint density at radius 2 is 1.48 bits per heavy atom. The van der Waals surface area contributed by atoms with E-state index in [4.69, 9.17) is 0 Å². The summed E-state index contributed by atoms with van der Waals surface area (Å²) in [7, 11) is 0. The van der Waals surface area contributed by atoms with Gasteiger partial charge in [0.2, 0.25) is 0 Å². The summed E-state index contributed by atoms with van der Waals surface area (Å²) < 4.78 is 0. The van der Waals surface area contributed by atoms with Crippen molar-refractivity contribution in [3.63, 3.8) is 0 Å². The number of aliphatic hydroxyl groups is 1. The molecule has 0 saturated carbocycles. The monoisotopic (exact) mass is 278 g/mol. The molecule has 2 aromatic rings. The van der Waals surface area contributed by atoms with E-state index in [0.717, 1.165) is 5.56 Å². The first kappa shape index (κ1) is 14.9. The van der Waals surface area contributed by atoms with Gasteiger partial charge in [-0.2, -0.15) is 0 Å². The first-order valence-electron chi connectivity index (χ1n) is 6.89. The molecule has 0 fully saturated rings. The number of carbonyl (C=O) groups excluding carboxylic acids is 1. The molecule has 0 spiro atoms. The molecule has 1 unspecified atom stereocenters. The van der Waals surface area contributed by atoms with Gasteiger partial charge < -0.3 is 5.11 Å². The maximum absolute atomic E-state index is 12.4. The van der Waals surface area contributed by atoms with E-state index in [-0.39, 0.29) is 5.78 Å². The molecule has 21 heavy (non-hydrogen) atoms. The van der Waals surface area contributed by atoms with Crippen molar-refractivity contribution in [2.75, 3.05) is 0 Å².